The summed E-state index contributed by atoms with van der Waals surface area (Å²) in [6.45, 7) is 3.87. The molecule has 0 saturated carbocycles. The monoisotopic (exact) mass is 567 g/mol. The summed E-state index contributed by atoms with van der Waals surface area (Å²) in [5.74, 6) is -0.121. The van der Waals surface area contributed by atoms with E-state index >= 15 is 0 Å². The number of fused-ring (bicyclic) bond motifs is 1. The number of nitrogens with zero attached hydrogens (tertiary/aromatic N) is 2. The number of hydrogen-bond acceptors (Lipinski definition) is 5. The first kappa shape index (κ1) is 23.3. The Morgan fingerprint density at radius 2 is 1.88 bits per heavy atom. The molecule has 2 aromatic carbocycles. The average molecular weight is 569 g/mol. The van der Waals surface area contributed by atoms with Crippen molar-refractivity contribution in [2.45, 2.75) is 19.0 Å². The van der Waals surface area contributed by atoms with Crippen LogP contribution in [-0.4, -0.2) is 21.2 Å². The molecule has 0 radical (unpaired) electrons. The molecule has 0 atom stereocenters. The van der Waals surface area contributed by atoms with Gasteiger partial charge in [0, 0.05) is 15.0 Å². The zero-order valence-corrected chi connectivity index (χ0v) is 21.6. The van der Waals surface area contributed by atoms with Gasteiger partial charge >= 0.3 is 0 Å². The highest BCUT2D eigenvalue weighted by atomic mass is 79.9. The summed E-state index contributed by atoms with van der Waals surface area (Å²) in [7, 11) is 0. The number of thiophene rings is 1. The Kier molecular flexibility index (Phi) is 6.97. The van der Waals surface area contributed by atoms with Gasteiger partial charge in [-0.25, -0.2) is 4.98 Å². The van der Waals surface area contributed by atoms with E-state index in [4.69, 9.17) is 28.2 Å². The topological polar surface area (TPSA) is 64.0 Å². The van der Waals surface area contributed by atoms with Crippen LogP contribution in [0.4, 0.5) is 5.69 Å². The van der Waals surface area contributed by atoms with Gasteiger partial charge in [0.2, 0.25) is 5.91 Å². The van der Waals surface area contributed by atoms with E-state index in [9.17, 15) is 9.59 Å². The van der Waals surface area contributed by atoms with Gasteiger partial charge in [-0.3, -0.25) is 14.2 Å². The Bertz CT molecular complexity index is 1400. The zero-order chi connectivity index (χ0) is 23.0. The van der Waals surface area contributed by atoms with Gasteiger partial charge in [-0.15, -0.1) is 11.3 Å². The van der Waals surface area contributed by atoms with Gasteiger partial charge in [-0.2, -0.15) is 0 Å². The molecule has 164 valence electrons. The molecule has 0 saturated heterocycles. The second-order valence-electron chi connectivity index (χ2n) is 6.94. The van der Waals surface area contributed by atoms with Crippen LogP contribution < -0.4 is 10.9 Å². The maximum Gasteiger partial charge on any atom is 0.267 e. The number of aromatic nitrogens is 2. The number of halogens is 3. The number of thioether (sulfide) groups is 1. The minimum atomic E-state index is -0.203. The molecule has 0 aliphatic rings. The SMILES string of the molecule is Cc1sc2nc(SCC(=O)Nc3ccc(Br)cc3)n(-c3ccc(Cl)c(Cl)c3)c(=O)c2c1C. The fraction of sp³-hybridized carbons (Fsp3) is 0.136. The van der Waals surface area contributed by atoms with Gasteiger partial charge in [0.15, 0.2) is 5.16 Å². The number of aryl methyl sites for hydroxylation is 2. The van der Waals surface area contributed by atoms with Crippen LogP contribution in [-0.2, 0) is 4.79 Å². The van der Waals surface area contributed by atoms with E-state index in [1.165, 1.54) is 27.7 Å². The molecule has 0 aliphatic heterocycles. The van der Waals surface area contributed by atoms with E-state index in [0.29, 0.717) is 36.8 Å². The lowest BCUT2D eigenvalue weighted by molar-refractivity contribution is -0.113. The van der Waals surface area contributed by atoms with Gasteiger partial charge in [0.25, 0.3) is 5.56 Å². The minimum Gasteiger partial charge on any atom is -0.325 e. The molecule has 2 heterocycles. The molecule has 2 aromatic heterocycles. The number of nitrogens with one attached hydrogen (secondary N) is 1. The highest BCUT2D eigenvalue weighted by Crippen LogP contribution is 2.31. The molecule has 4 rings (SSSR count). The zero-order valence-electron chi connectivity index (χ0n) is 16.9. The first-order valence-electron chi connectivity index (χ1n) is 9.41. The molecule has 0 fully saturated rings. The minimum absolute atomic E-state index is 0.0820. The molecular formula is C22H16BrCl2N3O2S2. The molecule has 10 heteroatoms. The molecule has 32 heavy (non-hydrogen) atoms. The van der Waals surface area contributed by atoms with Crippen molar-refractivity contribution in [1.82, 2.24) is 9.55 Å². The Morgan fingerprint density at radius 3 is 2.56 bits per heavy atom. The third-order valence-electron chi connectivity index (χ3n) is 4.79. The van der Waals surface area contributed by atoms with Crippen LogP contribution in [0.5, 0.6) is 0 Å². The van der Waals surface area contributed by atoms with Gasteiger partial charge in [0.05, 0.1) is 26.9 Å². The van der Waals surface area contributed by atoms with E-state index in [1.807, 2.05) is 26.0 Å². The van der Waals surface area contributed by atoms with Crippen molar-refractivity contribution in [3.63, 3.8) is 0 Å². The second kappa shape index (κ2) is 9.57. The largest absolute Gasteiger partial charge is 0.325 e. The fourth-order valence-electron chi connectivity index (χ4n) is 3.08. The van der Waals surface area contributed by atoms with E-state index < -0.39 is 0 Å². The van der Waals surface area contributed by atoms with Crippen LogP contribution in [0, 0.1) is 13.8 Å². The molecule has 0 spiro atoms. The third kappa shape index (κ3) is 4.75. The van der Waals surface area contributed by atoms with Crippen molar-refractivity contribution in [3.8, 4) is 5.69 Å². The average Bonchev–Trinajstić information content (AvgIpc) is 3.04. The standard InChI is InChI=1S/C22H16BrCl2N3O2S2/c1-11-12(2)32-20-19(11)21(30)28(15-7-8-16(24)17(25)9-15)22(27-20)31-10-18(29)26-14-5-3-13(23)4-6-14/h3-9H,10H2,1-2H3,(H,26,29). The molecule has 4 aromatic rings. The van der Waals surface area contributed by atoms with Gasteiger partial charge < -0.3 is 5.32 Å². The Labute approximate surface area is 210 Å². The molecule has 0 bridgehead atoms. The van der Waals surface area contributed by atoms with Crippen molar-refractivity contribution >= 4 is 84.0 Å². The maximum absolute atomic E-state index is 13.5. The van der Waals surface area contributed by atoms with Crippen LogP contribution in [0.15, 0.2) is 56.9 Å². The number of benzene rings is 2. The van der Waals surface area contributed by atoms with Crippen molar-refractivity contribution in [1.29, 1.82) is 0 Å². The Balaban J connectivity index is 1.72. The predicted molar refractivity (Wildman–Crippen MR) is 138 cm³/mol. The summed E-state index contributed by atoms with van der Waals surface area (Å²) in [5.41, 5.74) is 1.93. The molecule has 1 N–H and O–H groups in total. The lowest BCUT2D eigenvalue weighted by atomic mass is 10.2. The second-order valence-corrected chi connectivity index (χ2v) is 10.8. The summed E-state index contributed by atoms with van der Waals surface area (Å²) < 4.78 is 2.41. The summed E-state index contributed by atoms with van der Waals surface area (Å²) in [6, 6.07) is 12.3. The fourth-order valence-corrected chi connectivity index (χ4v) is 5.52. The quantitative estimate of drug-likeness (QED) is 0.211. The van der Waals surface area contributed by atoms with Crippen LogP contribution in [0.2, 0.25) is 10.0 Å². The third-order valence-corrected chi connectivity index (χ3v) is 8.10. The van der Waals surface area contributed by atoms with Crippen LogP contribution >= 0.6 is 62.2 Å². The van der Waals surface area contributed by atoms with Gasteiger partial charge in [-0.1, -0.05) is 50.9 Å². The number of carbonyl (C=O) groups is 1. The number of carbonyl (C=O) groups excluding carboxylic acids is 1. The van der Waals surface area contributed by atoms with Crippen molar-refractivity contribution < 1.29 is 4.79 Å². The summed E-state index contributed by atoms with van der Waals surface area (Å²) in [4.78, 5) is 32.4. The van der Waals surface area contributed by atoms with Gasteiger partial charge in [0.1, 0.15) is 4.83 Å². The van der Waals surface area contributed by atoms with Crippen molar-refractivity contribution in [2.24, 2.45) is 0 Å². The van der Waals surface area contributed by atoms with E-state index in [-0.39, 0.29) is 17.2 Å². The molecule has 5 nitrogen and oxygen atoms in total. The Morgan fingerprint density at radius 1 is 1.16 bits per heavy atom. The number of anilines is 1. The van der Waals surface area contributed by atoms with Crippen molar-refractivity contribution in [2.75, 3.05) is 11.1 Å². The Hall–Kier alpha value is -1.84. The normalized spacial score (nSPS) is 11.2. The maximum atomic E-state index is 13.5. The van der Waals surface area contributed by atoms with E-state index in [2.05, 4.69) is 21.2 Å². The van der Waals surface area contributed by atoms with Crippen molar-refractivity contribution in [3.05, 3.63) is 77.8 Å². The highest BCUT2D eigenvalue weighted by molar-refractivity contribution is 9.10. The summed E-state index contributed by atoms with van der Waals surface area (Å²) in [6.07, 6.45) is 0. The smallest absolute Gasteiger partial charge is 0.267 e. The predicted octanol–water partition coefficient (Wildman–Crippen LogP) is 6.86. The molecule has 1 amide bonds. The van der Waals surface area contributed by atoms with Crippen LogP contribution in [0.25, 0.3) is 15.9 Å². The highest BCUT2D eigenvalue weighted by Gasteiger charge is 2.19. The molecule has 0 aliphatic carbocycles. The summed E-state index contributed by atoms with van der Waals surface area (Å²) in [5, 5.41) is 4.55. The first-order valence-corrected chi connectivity index (χ1v) is 12.8. The summed E-state index contributed by atoms with van der Waals surface area (Å²) >= 11 is 18.3. The number of amides is 1. The van der Waals surface area contributed by atoms with Crippen LogP contribution in [0.1, 0.15) is 10.4 Å². The molecule has 0 unspecified atom stereocenters. The first-order chi connectivity index (χ1) is 15.2. The van der Waals surface area contributed by atoms with Crippen LogP contribution in [0.3, 0.4) is 0 Å². The van der Waals surface area contributed by atoms with Gasteiger partial charge in [-0.05, 0) is 61.9 Å². The van der Waals surface area contributed by atoms with E-state index in [0.717, 1.165) is 14.9 Å². The number of hydrogen-bond donors (Lipinski definition) is 1. The van der Waals surface area contributed by atoms with E-state index in [1.54, 1.807) is 30.3 Å². The number of rotatable bonds is 5. The lowest BCUT2D eigenvalue weighted by Crippen LogP contribution is -2.23. The lowest BCUT2D eigenvalue weighted by Gasteiger charge is -2.13. The molecular weight excluding hydrogens is 553 g/mol.